The van der Waals surface area contributed by atoms with Gasteiger partial charge in [0, 0.05) is 11.0 Å². The van der Waals surface area contributed by atoms with Gasteiger partial charge in [0.25, 0.3) is 0 Å². The van der Waals surface area contributed by atoms with E-state index in [0.717, 1.165) is 5.56 Å². The summed E-state index contributed by atoms with van der Waals surface area (Å²) in [7, 11) is 0. The average molecular weight is 411 g/mol. The zero-order chi connectivity index (χ0) is 21.1. The molecule has 0 aliphatic rings. The molecular formula is C24H26O4S. The molecule has 0 aromatic carbocycles. The summed E-state index contributed by atoms with van der Waals surface area (Å²) in [5.74, 6) is 6.17. The summed E-state index contributed by atoms with van der Waals surface area (Å²) in [5.41, 5.74) is 1.31. The van der Waals surface area contributed by atoms with Crippen molar-refractivity contribution in [2.75, 3.05) is 6.61 Å². The Hall–Kier alpha value is -2.81. The third-order valence-corrected chi connectivity index (χ3v) is 4.27. The number of carboxylic acid groups (broad SMARTS) is 1. The van der Waals surface area contributed by atoms with E-state index in [1.54, 1.807) is 35.6 Å². The number of furan rings is 1. The summed E-state index contributed by atoms with van der Waals surface area (Å²) in [6.45, 7) is 6.87. The molecule has 4 nitrogen and oxygen atoms in total. The fraction of sp³-hybridized carbons (Fsp3) is 0.292. The maximum atomic E-state index is 11.5. The Morgan fingerprint density at radius 3 is 2.79 bits per heavy atom. The van der Waals surface area contributed by atoms with Gasteiger partial charge in [-0.3, -0.25) is 0 Å². The lowest BCUT2D eigenvalue weighted by atomic mass is 9.98. The van der Waals surface area contributed by atoms with E-state index < -0.39 is 5.97 Å². The van der Waals surface area contributed by atoms with Crippen LogP contribution < -0.4 is 0 Å². The average Bonchev–Trinajstić information content (AvgIpc) is 3.31. The largest absolute Gasteiger partial charge is 0.478 e. The summed E-state index contributed by atoms with van der Waals surface area (Å²) in [6, 6.07) is 5.57. The van der Waals surface area contributed by atoms with Gasteiger partial charge in [0.2, 0.25) is 0 Å². The minimum atomic E-state index is -0.980. The van der Waals surface area contributed by atoms with Crippen LogP contribution in [-0.4, -0.2) is 17.7 Å². The normalized spacial score (nSPS) is 12.4. The number of carboxylic acids is 1. The summed E-state index contributed by atoms with van der Waals surface area (Å²) in [4.78, 5) is 11.5. The van der Waals surface area contributed by atoms with Crippen LogP contribution in [0.25, 0.3) is 12.2 Å². The molecule has 2 rings (SSSR count). The first-order valence-corrected chi connectivity index (χ1v) is 10.2. The Balaban J connectivity index is 1.87. The number of allylic oxidation sites excluding steroid dienone is 2. The van der Waals surface area contributed by atoms with Crippen LogP contribution in [0.2, 0.25) is 0 Å². The van der Waals surface area contributed by atoms with Crippen molar-refractivity contribution in [1.29, 1.82) is 0 Å². The van der Waals surface area contributed by atoms with E-state index in [1.165, 1.54) is 6.08 Å². The van der Waals surface area contributed by atoms with Crippen molar-refractivity contribution in [3.05, 3.63) is 69.8 Å². The molecule has 2 aromatic rings. The van der Waals surface area contributed by atoms with Crippen molar-refractivity contribution in [3.8, 4) is 11.8 Å². The Labute approximate surface area is 176 Å². The lowest BCUT2D eigenvalue weighted by molar-refractivity contribution is -0.132. The summed E-state index contributed by atoms with van der Waals surface area (Å²) in [5, 5.41) is 13.5. The fourth-order valence-corrected chi connectivity index (χ4v) is 2.84. The maximum Gasteiger partial charge on any atom is 0.332 e. The van der Waals surface area contributed by atoms with Gasteiger partial charge in [0.1, 0.15) is 18.1 Å². The molecule has 0 saturated heterocycles. The zero-order valence-electron chi connectivity index (χ0n) is 17.0. The van der Waals surface area contributed by atoms with Gasteiger partial charge in [0.15, 0.2) is 0 Å². The predicted molar refractivity (Wildman–Crippen MR) is 118 cm³/mol. The molecule has 1 N–H and O–H groups in total. The second-order valence-electron chi connectivity index (χ2n) is 7.38. The predicted octanol–water partition coefficient (Wildman–Crippen LogP) is 6.03. The van der Waals surface area contributed by atoms with Crippen LogP contribution in [0.15, 0.2) is 57.2 Å². The third kappa shape index (κ3) is 9.29. The van der Waals surface area contributed by atoms with Crippen LogP contribution in [0.3, 0.4) is 0 Å². The molecule has 2 heterocycles. The molecule has 0 spiro atoms. The van der Waals surface area contributed by atoms with Crippen molar-refractivity contribution in [1.82, 2.24) is 0 Å². The van der Waals surface area contributed by atoms with E-state index in [9.17, 15) is 9.90 Å². The van der Waals surface area contributed by atoms with Crippen LogP contribution in [0.4, 0.5) is 0 Å². The van der Waals surface area contributed by atoms with E-state index in [-0.39, 0.29) is 17.4 Å². The molecule has 2 aromatic heterocycles. The molecule has 0 bridgehead atoms. The van der Waals surface area contributed by atoms with Crippen molar-refractivity contribution in [2.24, 2.45) is 5.41 Å². The quantitative estimate of drug-likeness (QED) is 0.311. The van der Waals surface area contributed by atoms with Crippen LogP contribution in [0.1, 0.15) is 44.3 Å². The monoisotopic (exact) mass is 410 g/mol. The number of hydrogen-bond donors (Lipinski definition) is 1. The molecular weight excluding hydrogens is 384 g/mol. The van der Waals surface area contributed by atoms with Crippen molar-refractivity contribution < 1.29 is 19.1 Å². The Morgan fingerprint density at radius 2 is 2.10 bits per heavy atom. The van der Waals surface area contributed by atoms with Gasteiger partial charge in [-0.15, -0.1) is 0 Å². The van der Waals surface area contributed by atoms with E-state index in [0.29, 0.717) is 24.7 Å². The van der Waals surface area contributed by atoms with E-state index in [1.807, 2.05) is 44.4 Å². The number of aliphatic carboxylic acids is 1. The van der Waals surface area contributed by atoms with E-state index in [4.69, 9.17) is 9.15 Å². The van der Waals surface area contributed by atoms with Crippen molar-refractivity contribution in [3.63, 3.8) is 0 Å². The molecule has 0 aliphatic heterocycles. The molecule has 0 atom stereocenters. The molecule has 0 radical (unpaired) electrons. The Morgan fingerprint density at radius 1 is 1.28 bits per heavy atom. The van der Waals surface area contributed by atoms with Gasteiger partial charge in [-0.25, -0.2) is 4.79 Å². The van der Waals surface area contributed by atoms with Gasteiger partial charge in [-0.2, -0.15) is 11.3 Å². The molecule has 5 heteroatoms. The Kier molecular flexibility index (Phi) is 8.72. The number of carbonyl (C=O) groups is 1. The van der Waals surface area contributed by atoms with Crippen LogP contribution in [0.5, 0.6) is 0 Å². The minimum Gasteiger partial charge on any atom is -0.478 e. The molecule has 0 amide bonds. The number of ether oxygens (including phenoxy) is 1. The summed E-state index contributed by atoms with van der Waals surface area (Å²) >= 11 is 1.65. The SMILES string of the molecule is CC(C)(C)C#C/C=C/C/C(=C\c1ccc(COC/C=C/c2ccsc2)o1)C(=O)O. The highest BCUT2D eigenvalue weighted by molar-refractivity contribution is 7.08. The van der Waals surface area contributed by atoms with Gasteiger partial charge in [-0.1, -0.05) is 30.1 Å². The second kappa shape index (κ2) is 11.3. The number of hydrogen-bond acceptors (Lipinski definition) is 4. The molecule has 0 unspecified atom stereocenters. The lowest BCUT2D eigenvalue weighted by Gasteiger charge is -2.05. The highest BCUT2D eigenvalue weighted by atomic mass is 32.1. The standard InChI is InChI=1S/C24H26O4S/c1-24(2,3)13-6-4-5-9-20(23(25)26)16-21-10-11-22(28-21)17-27-14-7-8-19-12-15-29-18-19/h4-5,7-8,10-12,15-16,18H,9,14,17H2,1-3H3,(H,25,26)/b5-4+,8-7+,20-16+. The van der Waals surface area contributed by atoms with Gasteiger partial charge < -0.3 is 14.3 Å². The molecule has 29 heavy (non-hydrogen) atoms. The summed E-state index contributed by atoms with van der Waals surface area (Å²) < 4.78 is 11.2. The maximum absolute atomic E-state index is 11.5. The topological polar surface area (TPSA) is 59.7 Å². The van der Waals surface area contributed by atoms with Crippen LogP contribution >= 0.6 is 11.3 Å². The Bertz CT molecular complexity index is 926. The fourth-order valence-electron chi connectivity index (χ4n) is 2.21. The molecule has 0 aliphatic carbocycles. The van der Waals surface area contributed by atoms with E-state index >= 15 is 0 Å². The number of thiophene rings is 1. The van der Waals surface area contributed by atoms with Crippen LogP contribution in [0, 0.1) is 17.3 Å². The minimum absolute atomic E-state index is 0.0812. The molecule has 152 valence electrons. The first kappa shape index (κ1) is 22.5. The van der Waals surface area contributed by atoms with Gasteiger partial charge >= 0.3 is 5.97 Å². The lowest BCUT2D eigenvalue weighted by Crippen LogP contribution is -1.99. The number of rotatable bonds is 9. The second-order valence-corrected chi connectivity index (χ2v) is 8.16. The van der Waals surface area contributed by atoms with Gasteiger partial charge in [0.05, 0.1) is 6.61 Å². The van der Waals surface area contributed by atoms with Crippen LogP contribution in [-0.2, 0) is 16.1 Å². The third-order valence-electron chi connectivity index (χ3n) is 3.57. The summed E-state index contributed by atoms with van der Waals surface area (Å²) in [6.07, 6.45) is 9.19. The molecule has 0 fully saturated rings. The molecule has 0 saturated carbocycles. The smallest absolute Gasteiger partial charge is 0.332 e. The van der Waals surface area contributed by atoms with E-state index in [2.05, 4.69) is 17.2 Å². The van der Waals surface area contributed by atoms with Crippen molar-refractivity contribution >= 4 is 29.5 Å². The highest BCUT2D eigenvalue weighted by Crippen LogP contribution is 2.16. The van der Waals surface area contributed by atoms with Gasteiger partial charge in [-0.05, 0) is 73.9 Å². The first-order valence-electron chi connectivity index (χ1n) is 9.30. The zero-order valence-corrected chi connectivity index (χ0v) is 17.8. The van der Waals surface area contributed by atoms with Crippen molar-refractivity contribution in [2.45, 2.75) is 33.8 Å². The first-order chi connectivity index (χ1) is 13.8. The highest BCUT2D eigenvalue weighted by Gasteiger charge is 2.08.